The Balaban J connectivity index is 1.91. The number of hydrogen-bond donors (Lipinski definition) is 1. The summed E-state index contributed by atoms with van der Waals surface area (Å²) < 4.78 is 5.56. The maximum atomic E-state index is 11.9. The summed E-state index contributed by atoms with van der Waals surface area (Å²) in [7, 11) is 1.79. The normalized spacial score (nSPS) is 14.8. The Kier molecular flexibility index (Phi) is 5.39. The van der Waals surface area contributed by atoms with Crippen molar-refractivity contribution >= 4 is 11.5 Å². The van der Waals surface area contributed by atoms with Gasteiger partial charge in [-0.1, -0.05) is 18.2 Å². The number of amides is 1. The van der Waals surface area contributed by atoms with Gasteiger partial charge in [0.15, 0.2) is 6.61 Å². The van der Waals surface area contributed by atoms with Crippen molar-refractivity contribution in [1.29, 1.82) is 0 Å². The molecule has 0 aromatic heterocycles. The second-order valence-electron chi connectivity index (χ2n) is 5.59. The zero-order valence-electron chi connectivity index (χ0n) is 13.1. The average molecular weight is 288 g/mol. The maximum absolute atomic E-state index is 11.9. The third kappa shape index (κ3) is 4.33. The monoisotopic (exact) mass is 288 g/mol. The van der Waals surface area contributed by atoms with Crippen LogP contribution in [0.1, 0.15) is 25.8 Å². The van der Waals surface area contributed by atoms with E-state index in [-0.39, 0.29) is 18.6 Å². The zero-order valence-corrected chi connectivity index (χ0v) is 13.1. The van der Waals surface area contributed by atoms with Crippen molar-refractivity contribution in [1.82, 2.24) is 10.2 Å². The van der Waals surface area contributed by atoms with Crippen molar-refractivity contribution in [3.05, 3.63) is 35.9 Å². The molecule has 1 aliphatic rings. The van der Waals surface area contributed by atoms with Gasteiger partial charge in [0.05, 0.1) is 0 Å². The van der Waals surface area contributed by atoms with Crippen molar-refractivity contribution in [3.63, 3.8) is 0 Å². The number of carbonyl (C=O) groups is 1. The summed E-state index contributed by atoms with van der Waals surface area (Å²) in [5.41, 5.74) is 2.60. The van der Waals surface area contributed by atoms with E-state index in [1.165, 1.54) is 11.1 Å². The van der Waals surface area contributed by atoms with Crippen LogP contribution in [0.4, 0.5) is 0 Å². The van der Waals surface area contributed by atoms with Crippen LogP contribution in [0.15, 0.2) is 30.3 Å². The lowest BCUT2D eigenvalue weighted by Gasteiger charge is -2.21. The van der Waals surface area contributed by atoms with Gasteiger partial charge in [-0.25, -0.2) is 0 Å². The van der Waals surface area contributed by atoms with E-state index in [9.17, 15) is 4.79 Å². The first-order valence-corrected chi connectivity index (χ1v) is 7.46. The molecular weight excluding hydrogens is 264 g/mol. The SMILES string of the molecule is CC(C)N(C)C(=O)COc1ccc(C2=CCNCC2)cc1. The molecule has 0 spiro atoms. The lowest BCUT2D eigenvalue weighted by atomic mass is 10.0. The van der Waals surface area contributed by atoms with E-state index in [0.29, 0.717) is 0 Å². The van der Waals surface area contributed by atoms with Gasteiger partial charge in [-0.3, -0.25) is 4.79 Å². The Morgan fingerprint density at radius 1 is 1.33 bits per heavy atom. The molecule has 0 fully saturated rings. The molecule has 0 saturated carbocycles. The zero-order chi connectivity index (χ0) is 15.2. The van der Waals surface area contributed by atoms with E-state index in [4.69, 9.17) is 4.74 Å². The van der Waals surface area contributed by atoms with Gasteiger partial charge in [0.2, 0.25) is 0 Å². The first-order chi connectivity index (χ1) is 10.1. The third-order valence-electron chi connectivity index (χ3n) is 3.82. The molecule has 1 amide bonds. The van der Waals surface area contributed by atoms with Gasteiger partial charge in [0, 0.05) is 19.6 Å². The third-order valence-corrected chi connectivity index (χ3v) is 3.82. The first kappa shape index (κ1) is 15.6. The van der Waals surface area contributed by atoms with Gasteiger partial charge < -0.3 is 15.0 Å². The minimum atomic E-state index is -0.00450. The summed E-state index contributed by atoms with van der Waals surface area (Å²) in [5, 5.41) is 3.31. The highest BCUT2D eigenvalue weighted by Gasteiger charge is 2.12. The first-order valence-electron chi connectivity index (χ1n) is 7.46. The van der Waals surface area contributed by atoms with Crippen molar-refractivity contribution < 1.29 is 9.53 Å². The van der Waals surface area contributed by atoms with Gasteiger partial charge >= 0.3 is 0 Å². The number of nitrogens with zero attached hydrogens (tertiary/aromatic N) is 1. The minimum absolute atomic E-state index is 0.00450. The molecule has 0 saturated heterocycles. The largest absolute Gasteiger partial charge is 0.484 e. The summed E-state index contributed by atoms with van der Waals surface area (Å²) in [6.45, 7) is 6.02. The van der Waals surface area contributed by atoms with Gasteiger partial charge in [0.25, 0.3) is 5.91 Å². The van der Waals surface area contributed by atoms with Crippen LogP contribution in [-0.4, -0.2) is 43.6 Å². The fraction of sp³-hybridized carbons (Fsp3) is 0.471. The van der Waals surface area contributed by atoms with Crippen molar-refractivity contribution in [2.45, 2.75) is 26.3 Å². The summed E-state index contributed by atoms with van der Waals surface area (Å²) >= 11 is 0. The topological polar surface area (TPSA) is 41.6 Å². The highest BCUT2D eigenvalue weighted by molar-refractivity contribution is 5.77. The molecule has 0 aliphatic carbocycles. The fourth-order valence-electron chi connectivity index (χ4n) is 2.18. The number of benzene rings is 1. The van der Waals surface area contributed by atoms with Gasteiger partial charge in [0.1, 0.15) is 5.75 Å². The molecular formula is C17H24N2O2. The van der Waals surface area contributed by atoms with Crippen molar-refractivity contribution in [3.8, 4) is 5.75 Å². The predicted molar refractivity (Wildman–Crippen MR) is 85.3 cm³/mol. The molecule has 0 bridgehead atoms. The molecule has 114 valence electrons. The molecule has 0 radical (unpaired) electrons. The van der Waals surface area contributed by atoms with Gasteiger partial charge in [-0.2, -0.15) is 0 Å². The molecule has 1 aliphatic heterocycles. The molecule has 1 heterocycles. The van der Waals surface area contributed by atoms with Crippen LogP contribution in [0.5, 0.6) is 5.75 Å². The number of carbonyl (C=O) groups excluding carboxylic acids is 1. The highest BCUT2D eigenvalue weighted by Crippen LogP contribution is 2.22. The number of hydrogen-bond acceptors (Lipinski definition) is 3. The summed E-state index contributed by atoms with van der Waals surface area (Å²) in [5.74, 6) is 0.730. The molecule has 1 aromatic rings. The minimum Gasteiger partial charge on any atom is -0.484 e. The quantitative estimate of drug-likeness (QED) is 0.904. The molecule has 1 N–H and O–H groups in total. The molecule has 0 unspecified atom stereocenters. The Morgan fingerprint density at radius 3 is 2.62 bits per heavy atom. The molecule has 4 heteroatoms. The second-order valence-corrected chi connectivity index (χ2v) is 5.59. The molecule has 2 rings (SSSR count). The Labute approximate surface area is 126 Å². The molecule has 0 atom stereocenters. The van der Waals surface area contributed by atoms with Crippen LogP contribution in [0.3, 0.4) is 0 Å². The average Bonchev–Trinajstić information content (AvgIpc) is 2.53. The van der Waals surface area contributed by atoms with Crippen LogP contribution < -0.4 is 10.1 Å². The number of rotatable bonds is 5. The van der Waals surface area contributed by atoms with E-state index >= 15 is 0 Å². The predicted octanol–water partition coefficient (Wildman–Crippen LogP) is 2.31. The van der Waals surface area contributed by atoms with Crippen LogP contribution in [0.25, 0.3) is 5.57 Å². The Morgan fingerprint density at radius 2 is 2.05 bits per heavy atom. The highest BCUT2D eigenvalue weighted by atomic mass is 16.5. The Hall–Kier alpha value is -1.81. The fourth-order valence-corrected chi connectivity index (χ4v) is 2.18. The molecule has 1 aromatic carbocycles. The van der Waals surface area contributed by atoms with Crippen LogP contribution in [0, 0.1) is 0 Å². The summed E-state index contributed by atoms with van der Waals surface area (Å²) in [6, 6.07) is 8.17. The second kappa shape index (κ2) is 7.27. The number of likely N-dealkylation sites (N-methyl/N-ethyl adjacent to an activating group) is 1. The van der Waals surface area contributed by atoms with Crippen LogP contribution in [-0.2, 0) is 4.79 Å². The van der Waals surface area contributed by atoms with Crippen LogP contribution >= 0.6 is 0 Å². The van der Waals surface area contributed by atoms with Gasteiger partial charge in [-0.05, 0) is 50.1 Å². The van der Waals surface area contributed by atoms with Gasteiger partial charge in [-0.15, -0.1) is 0 Å². The lowest BCUT2D eigenvalue weighted by molar-refractivity contribution is -0.133. The van der Waals surface area contributed by atoms with E-state index in [0.717, 1.165) is 25.3 Å². The number of ether oxygens (including phenoxy) is 1. The smallest absolute Gasteiger partial charge is 0.260 e. The van der Waals surface area contributed by atoms with Crippen LogP contribution in [0.2, 0.25) is 0 Å². The molecule has 4 nitrogen and oxygen atoms in total. The molecule has 21 heavy (non-hydrogen) atoms. The van der Waals surface area contributed by atoms with E-state index in [1.807, 2.05) is 26.0 Å². The van der Waals surface area contributed by atoms with Crippen molar-refractivity contribution in [2.75, 3.05) is 26.7 Å². The van der Waals surface area contributed by atoms with Crippen molar-refractivity contribution in [2.24, 2.45) is 0 Å². The number of nitrogens with one attached hydrogen (secondary N) is 1. The standard InChI is InChI=1S/C17H24N2O2/c1-13(2)19(3)17(20)12-21-16-6-4-14(5-7-16)15-8-10-18-11-9-15/h4-8,13,18H,9-12H2,1-3H3. The van der Waals surface area contributed by atoms with E-state index in [2.05, 4.69) is 23.5 Å². The summed E-state index contributed by atoms with van der Waals surface area (Å²) in [6.07, 6.45) is 3.28. The van der Waals surface area contributed by atoms with E-state index < -0.39 is 0 Å². The van der Waals surface area contributed by atoms with E-state index in [1.54, 1.807) is 11.9 Å². The Bertz CT molecular complexity index is 506. The maximum Gasteiger partial charge on any atom is 0.260 e. The lowest BCUT2D eigenvalue weighted by Crippen LogP contribution is -2.36. The summed E-state index contributed by atoms with van der Waals surface area (Å²) in [4.78, 5) is 13.5.